The van der Waals surface area contributed by atoms with Gasteiger partial charge in [0.25, 0.3) is 7.82 Å². The molecule has 68 heavy (non-hydrogen) atoms. The summed E-state index contributed by atoms with van der Waals surface area (Å²) in [7, 11) is 1.15. The van der Waals surface area contributed by atoms with Gasteiger partial charge in [-0.1, -0.05) is 209 Å². The first-order valence-corrected chi connectivity index (χ1v) is 29.5. The lowest BCUT2D eigenvalue weighted by molar-refractivity contribution is -0.870. The maximum Gasteiger partial charge on any atom is 0.306 e. The fourth-order valence-electron chi connectivity index (χ4n) is 7.63. The van der Waals surface area contributed by atoms with E-state index >= 15 is 0 Å². The summed E-state index contributed by atoms with van der Waals surface area (Å²) < 4.78 is 34.1. The molecule has 0 aromatic carbocycles. The van der Waals surface area contributed by atoms with Crippen LogP contribution < -0.4 is 4.89 Å². The van der Waals surface area contributed by atoms with Crippen molar-refractivity contribution in [3.05, 3.63) is 60.8 Å². The molecule has 0 heterocycles. The number of carbonyl (C=O) groups excluding carboxylic acids is 2. The van der Waals surface area contributed by atoms with Crippen molar-refractivity contribution in [2.45, 2.75) is 251 Å². The molecular weight excluding hydrogens is 870 g/mol. The summed E-state index contributed by atoms with van der Waals surface area (Å²) in [6, 6.07) is 0. The number of carbonyl (C=O) groups is 2. The second-order valence-electron chi connectivity index (χ2n) is 19.9. The fourth-order valence-corrected chi connectivity index (χ4v) is 8.36. The van der Waals surface area contributed by atoms with Crippen LogP contribution in [0.2, 0.25) is 0 Å². The molecule has 10 heteroatoms. The van der Waals surface area contributed by atoms with E-state index in [1.165, 1.54) is 135 Å². The van der Waals surface area contributed by atoms with Gasteiger partial charge >= 0.3 is 11.9 Å². The number of unbranched alkanes of at least 4 members (excludes halogenated alkanes) is 27. The van der Waals surface area contributed by atoms with Gasteiger partial charge in [0.05, 0.1) is 27.7 Å². The van der Waals surface area contributed by atoms with Crippen molar-refractivity contribution in [3.63, 3.8) is 0 Å². The van der Waals surface area contributed by atoms with E-state index in [0.717, 1.165) is 77.0 Å². The average Bonchev–Trinajstić information content (AvgIpc) is 3.30. The van der Waals surface area contributed by atoms with Crippen LogP contribution in [0.4, 0.5) is 0 Å². The molecule has 0 saturated heterocycles. The van der Waals surface area contributed by atoms with Gasteiger partial charge in [0.15, 0.2) is 6.10 Å². The van der Waals surface area contributed by atoms with Crippen LogP contribution in [0.3, 0.4) is 0 Å². The first-order chi connectivity index (χ1) is 33.0. The standard InChI is InChI=1S/C58H106NO8P/c1-6-8-10-12-14-16-18-20-22-24-26-28-29-31-32-34-36-38-40-42-44-46-48-50-57(60)64-54-56(55-66-68(62,63)65-53-52-59(3,4)5)67-58(61)51-49-47-45-43-41-39-37-35-33-30-27-25-23-21-19-17-15-13-11-9-7-2/h18-21,24-27,33,35,56H,6-17,22-23,28-32,34,36-55H2,1-5H3/b20-18-,21-19-,26-24-,27-25-,35-33-. The van der Waals surface area contributed by atoms with Crippen molar-refractivity contribution in [1.82, 2.24) is 0 Å². The van der Waals surface area contributed by atoms with Crippen LogP contribution in [0.1, 0.15) is 245 Å². The molecule has 0 aliphatic rings. The number of allylic oxidation sites excluding steroid dienone is 10. The minimum absolute atomic E-state index is 0.0358. The zero-order valence-electron chi connectivity index (χ0n) is 44.8. The van der Waals surface area contributed by atoms with Crippen molar-refractivity contribution < 1.29 is 42.1 Å². The average molecular weight is 976 g/mol. The van der Waals surface area contributed by atoms with Crippen LogP contribution >= 0.6 is 7.82 Å². The number of hydrogen-bond donors (Lipinski definition) is 0. The molecule has 0 N–H and O–H groups in total. The van der Waals surface area contributed by atoms with E-state index < -0.39 is 26.5 Å². The predicted octanol–water partition coefficient (Wildman–Crippen LogP) is 16.5. The number of ether oxygens (including phenoxy) is 2. The number of likely N-dealkylation sites (N-methyl/N-ethyl adjacent to an activating group) is 1. The summed E-state index contributed by atoms with van der Waals surface area (Å²) in [5.74, 6) is -0.847. The number of nitrogens with zero attached hydrogens (tertiary/aromatic N) is 1. The van der Waals surface area contributed by atoms with Gasteiger partial charge in [0, 0.05) is 12.8 Å². The molecule has 396 valence electrons. The van der Waals surface area contributed by atoms with Crippen molar-refractivity contribution in [1.29, 1.82) is 0 Å². The largest absolute Gasteiger partial charge is 0.756 e. The van der Waals surface area contributed by atoms with Gasteiger partial charge in [-0.25, -0.2) is 0 Å². The topological polar surface area (TPSA) is 111 Å². The zero-order valence-corrected chi connectivity index (χ0v) is 45.7. The molecular formula is C58H106NO8P. The highest BCUT2D eigenvalue weighted by Gasteiger charge is 2.21. The molecule has 0 aromatic rings. The summed E-state index contributed by atoms with van der Waals surface area (Å²) in [5.41, 5.74) is 0. The van der Waals surface area contributed by atoms with Crippen LogP contribution in [0.15, 0.2) is 60.8 Å². The van der Waals surface area contributed by atoms with E-state index in [0.29, 0.717) is 17.4 Å². The lowest BCUT2D eigenvalue weighted by Gasteiger charge is -2.28. The lowest BCUT2D eigenvalue weighted by atomic mass is 10.0. The molecule has 0 bridgehead atoms. The van der Waals surface area contributed by atoms with Crippen molar-refractivity contribution in [2.75, 3.05) is 47.5 Å². The van der Waals surface area contributed by atoms with Crippen LogP contribution in [-0.4, -0.2) is 70.0 Å². The maximum absolute atomic E-state index is 12.8. The smallest absolute Gasteiger partial charge is 0.306 e. The molecule has 0 radical (unpaired) electrons. The van der Waals surface area contributed by atoms with E-state index in [1.54, 1.807) is 0 Å². The number of hydrogen-bond acceptors (Lipinski definition) is 8. The molecule has 0 aromatic heterocycles. The summed E-state index contributed by atoms with van der Waals surface area (Å²) in [4.78, 5) is 37.8. The van der Waals surface area contributed by atoms with Gasteiger partial charge in [-0.2, -0.15) is 0 Å². The number of phosphoric acid groups is 1. The van der Waals surface area contributed by atoms with Gasteiger partial charge in [-0.3, -0.25) is 14.2 Å². The van der Waals surface area contributed by atoms with Gasteiger partial charge in [-0.05, 0) is 83.5 Å². The number of quaternary nitrogens is 1. The third kappa shape index (κ3) is 53.1. The minimum atomic E-state index is -4.64. The molecule has 0 fully saturated rings. The molecule has 2 unspecified atom stereocenters. The van der Waals surface area contributed by atoms with E-state index in [2.05, 4.69) is 74.6 Å². The molecule has 0 saturated carbocycles. The number of phosphoric ester groups is 1. The maximum atomic E-state index is 12.8. The molecule has 9 nitrogen and oxygen atoms in total. The van der Waals surface area contributed by atoms with Gasteiger partial charge in [-0.15, -0.1) is 0 Å². The van der Waals surface area contributed by atoms with Crippen LogP contribution in [-0.2, 0) is 32.7 Å². The Balaban J connectivity index is 4.23. The van der Waals surface area contributed by atoms with Gasteiger partial charge < -0.3 is 27.9 Å². The molecule has 0 aliphatic carbocycles. The molecule has 2 atom stereocenters. The third-order valence-corrected chi connectivity index (χ3v) is 13.0. The van der Waals surface area contributed by atoms with Crippen LogP contribution in [0, 0.1) is 0 Å². The molecule has 0 spiro atoms. The molecule has 0 amide bonds. The Labute approximate surface area is 419 Å². The van der Waals surface area contributed by atoms with E-state index in [4.69, 9.17) is 18.5 Å². The highest BCUT2D eigenvalue weighted by molar-refractivity contribution is 7.45. The van der Waals surface area contributed by atoms with E-state index in [-0.39, 0.29) is 32.0 Å². The van der Waals surface area contributed by atoms with Gasteiger partial charge in [0.2, 0.25) is 0 Å². The highest BCUT2D eigenvalue weighted by atomic mass is 31.2. The Morgan fingerprint density at radius 1 is 0.456 bits per heavy atom. The molecule has 0 aliphatic heterocycles. The van der Waals surface area contributed by atoms with Gasteiger partial charge in [0.1, 0.15) is 19.8 Å². The summed E-state index contributed by atoms with van der Waals surface area (Å²) in [6.45, 7) is 4.21. The third-order valence-electron chi connectivity index (χ3n) is 12.0. The molecule has 0 rings (SSSR count). The summed E-state index contributed by atoms with van der Waals surface area (Å²) in [6.07, 6.45) is 62.5. The fraction of sp³-hybridized carbons (Fsp3) is 0.793. The predicted molar refractivity (Wildman–Crippen MR) is 287 cm³/mol. The van der Waals surface area contributed by atoms with E-state index in [9.17, 15) is 19.0 Å². The summed E-state index contributed by atoms with van der Waals surface area (Å²) >= 11 is 0. The van der Waals surface area contributed by atoms with Crippen molar-refractivity contribution >= 4 is 19.8 Å². The Bertz CT molecular complexity index is 1340. The first kappa shape index (κ1) is 65.7. The summed E-state index contributed by atoms with van der Waals surface area (Å²) in [5, 5.41) is 0. The minimum Gasteiger partial charge on any atom is -0.756 e. The quantitative estimate of drug-likeness (QED) is 0.0195. The Hall–Kier alpha value is -2.29. The Morgan fingerprint density at radius 3 is 1.18 bits per heavy atom. The van der Waals surface area contributed by atoms with Crippen molar-refractivity contribution in [3.8, 4) is 0 Å². The highest BCUT2D eigenvalue weighted by Crippen LogP contribution is 2.38. The second-order valence-corrected chi connectivity index (χ2v) is 21.4. The van der Waals surface area contributed by atoms with Crippen LogP contribution in [0.25, 0.3) is 0 Å². The zero-order chi connectivity index (χ0) is 49.9. The SMILES string of the molecule is CCCCCCC/C=C\C/C=C\C/C=C\CCCCCCCCC(=O)OC(COC(=O)CCCCCCCCCCCCC/C=C\C/C=C\CCCCCCC)COP(=O)([O-])OCC[N+](C)(C)C. The van der Waals surface area contributed by atoms with Crippen LogP contribution in [0.5, 0.6) is 0 Å². The first-order valence-electron chi connectivity index (χ1n) is 28.0. The lowest BCUT2D eigenvalue weighted by Crippen LogP contribution is -2.37. The number of esters is 2. The number of rotatable bonds is 51. The monoisotopic (exact) mass is 976 g/mol. The Morgan fingerprint density at radius 2 is 0.794 bits per heavy atom. The van der Waals surface area contributed by atoms with Crippen molar-refractivity contribution in [2.24, 2.45) is 0 Å². The van der Waals surface area contributed by atoms with E-state index in [1.807, 2.05) is 21.1 Å². The normalized spacial score (nSPS) is 13.8. The second kappa shape index (κ2) is 49.7. The Kier molecular flexibility index (Phi) is 48.0.